The highest BCUT2D eigenvalue weighted by Crippen LogP contribution is 2.03. The Morgan fingerprint density at radius 1 is 1.60 bits per heavy atom. The zero-order valence-electron chi connectivity index (χ0n) is 8.27. The second-order valence-electron chi connectivity index (χ2n) is 3.27. The second-order valence-corrected chi connectivity index (χ2v) is 3.27. The molecule has 1 saturated heterocycles. The first-order valence-corrected chi connectivity index (χ1v) is 4.90. The first-order chi connectivity index (χ1) is 7.36. The molecule has 2 rings (SSSR count). The van der Waals surface area contributed by atoms with Crippen molar-refractivity contribution in [1.29, 1.82) is 0 Å². The molecule has 1 fully saturated rings. The number of anilines is 1. The number of hydrogen-bond acceptors (Lipinski definition) is 4. The largest absolute Gasteiger partial charge is 0.366 e. The molecule has 1 aromatic heterocycles. The van der Waals surface area contributed by atoms with Crippen LogP contribution in [0.3, 0.4) is 0 Å². The molecular formula is C10H13N3O2. The molecule has 1 aliphatic heterocycles. The molecule has 0 aliphatic carbocycles. The van der Waals surface area contributed by atoms with Crippen LogP contribution in [0, 0.1) is 0 Å². The van der Waals surface area contributed by atoms with E-state index in [1.165, 1.54) is 0 Å². The summed E-state index contributed by atoms with van der Waals surface area (Å²) >= 11 is 0. The van der Waals surface area contributed by atoms with Crippen LogP contribution < -0.4 is 10.6 Å². The van der Waals surface area contributed by atoms with Gasteiger partial charge in [-0.2, -0.15) is 0 Å². The number of carbonyl (C=O) groups is 1. The quantitative estimate of drug-likeness (QED) is 0.717. The van der Waals surface area contributed by atoms with E-state index in [0.29, 0.717) is 19.0 Å². The number of carbonyl (C=O) groups excluding carboxylic acids is 1. The smallest absolute Gasteiger partial charge is 0.255 e. The maximum absolute atomic E-state index is 11.7. The molecule has 1 aromatic rings. The maximum Gasteiger partial charge on any atom is 0.255 e. The lowest BCUT2D eigenvalue weighted by molar-refractivity contribution is -0.128. The fourth-order valence-corrected chi connectivity index (χ4v) is 1.38. The molecule has 0 aromatic carbocycles. The van der Waals surface area contributed by atoms with Gasteiger partial charge in [0.1, 0.15) is 11.9 Å². The Morgan fingerprint density at radius 3 is 3.20 bits per heavy atom. The van der Waals surface area contributed by atoms with Crippen LogP contribution in [-0.4, -0.2) is 36.7 Å². The van der Waals surface area contributed by atoms with Crippen LogP contribution in [0.5, 0.6) is 0 Å². The third-order valence-electron chi connectivity index (χ3n) is 2.14. The Bertz CT molecular complexity index is 323. The first kappa shape index (κ1) is 10.1. The lowest BCUT2D eigenvalue weighted by Crippen LogP contribution is -2.45. The lowest BCUT2D eigenvalue weighted by atomic mass is 10.3. The monoisotopic (exact) mass is 207 g/mol. The molecule has 15 heavy (non-hydrogen) atoms. The van der Waals surface area contributed by atoms with E-state index < -0.39 is 6.10 Å². The van der Waals surface area contributed by atoms with Crippen molar-refractivity contribution in [2.24, 2.45) is 0 Å². The molecule has 0 radical (unpaired) electrons. The summed E-state index contributed by atoms with van der Waals surface area (Å²) in [6, 6.07) is 5.37. The summed E-state index contributed by atoms with van der Waals surface area (Å²) in [7, 11) is 0. The topological polar surface area (TPSA) is 63.2 Å². The van der Waals surface area contributed by atoms with Crippen molar-refractivity contribution in [2.75, 3.05) is 25.0 Å². The van der Waals surface area contributed by atoms with Gasteiger partial charge in [-0.05, 0) is 12.1 Å². The molecule has 80 valence electrons. The van der Waals surface area contributed by atoms with Gasteiger partial charge in [0, 0.05) is 19.3 Å². The number of morpholine rings is 1. The Hall–Kier alpha value is -1.46. The summed E-state index contributed by atoms with van der Waals surface area (Å²) in [6.45, 7) is 1.92. The van der Waals surface area contributed by atoms with Crippen molar-refractivity contribution in [3.63, 3.8) is 0 Å². The average Bonchev–Trinajstić information content (AvgIpc) is 2.31. The van der Waals surface area contributed by atoms with Gasteiger partial charge in [-0.15, -0.1) is 0 Å². The highest BCUT2D eigenvalue weighted by atomic mass is 16.5. The lowest BCUT2D eigenvalue weighted by Gasteiger charge is -2.22. The van der Waals surface area contributed by atoms with Gasteiger partial charge in [0.05, 0.1) is 6.61 Å². The minimum absolute atomic E-state index is 0.152. The van der Waals surface area contributed by atoms with E-state index >= 15 is 0 Å². The molecule has 2 N–H and O–H groups in total. The summed E-state index contributed by atoms with van der Waals surface area (Å²) in [5.74, 6) is 0.401. The van der Waals surface area contributed by atoms with E-state index in [4.69, 9.17) is 4.74 Å². The fraction of sp³-hybridized carbons (Fsp3) is 0.400. The van der Waals surface area contributed by atoms with Gasteiger partial charge in [0.25, 0.3) is 5.91 Å². The Morgan fingerprint density at radius 2 is 2.53 bits per heavy atom. The van der Waals surface area contributed by atoms with Crippen LogP contribution in [0.25, 0.3) is 0 Å². The number of nitrogens with zero attached hydrogens (tertiary/aromatic N) is 1. The van der Waals surface area contributed by atoms with Gasteiger partial charge in [0.2, 0.25) is 0 Å². The molecule has 1 aliphatic rings. The van der Waals surface area contributed by atoms with Crippen LogP contribution in [0.4, 0.5) is 5.82 Å². The third-order valence-corrected chi connectivity index (χ3v) is 2.14. The third kappa shape index (κ3) is 2.74. The molecule has 5 heteroatoms. The van der Waals surface area contributed by atoms with Gasteiger partial charge in [-0.25, -0.2) is 4.98 Å². The zero-order chi connectivity index (χ0) is 10.5. The van der Waals surface area contributed by atoms with E-state index in [2.05, 4.69) is 15.6 Å². The minimum Gasteiger partial charge on any atom is -0.366 e. The van der Waals surface area contributed by atoms with E-state index in [-0.39, 0.29) is 5.91 Å². The summed E-state index contributed by atoms with van der Waals surface area (Å²) in [4.78, 5) is 15.7. The summed E-state index contributed by atoms with van der Waals surface area (Å²) in [6.07, 6.45) is 1.22. The SMILES string of the molecule is O=C(Nc1ccccn1)C1CNCCO1. The van der Waals surface area contributed by atoms with Gasteiger partial charge in [-0.1, -0.05) is 6.07 Å². The van der Waals surface area contributed by atoms with Gasteiger partial charge in [0.15, 0.2) is 0 Å². The van der Waals surface area contributed by atoms with Crippen molar-refractivity contribution >= 4 is 11.7 Å². The Kier molecular flexibility index (Phi) is 3.26. The van der Waals surface area contributed by atoms with Crippen LogP contribution in [0.2, 0.25) is 0 Å². The van der Waals surface area contributed by atoms with E-state index in [0.717, 1.165) is 6.54 Å². The van der Waals surface area contributed by atoms with E-state index in [1.807, 2.05) is 6.07 Å². The van der Waals surface area contributed by atoms with Crippen molar-refractivity contribution in [1.82, 2.24) is 10.3 Å². The first-order valence-electron chi connectivity index (χ1n) is 4.90. The molecule has 0 saturated carbocycles. The number of hydrogen-bond donors (Lipinski definition) is 2. The molecule has 0 bridgehead atoms. The van der Waals surface area contributed by atoms with E-state index in [9.17, 15) is 4.79 Å². The van der Waals surface area contributed by atoms with Crippen LogP contribution in [0.1, 0.15) is 0 Å². The van der Waals surface area contributed by atoms with Crippen molar-refractivity contribution in [3.8, 4) is 0 Å². The van der Waals surface area contributed by atoms with Crippen molar-refractivity contribution in [3.05, 3.63) is 24.4 Å². The predicted molar refractivity (Wildman–Crippen MR) is 55.5 cm³/mol. The number of nitrogens with one attached hydrogen (secondary N) is 2. The highest BCUT2D eigenvalue weighted by Gasteiger charge is 2.21. The fourth-order valence-electron chi connectivity index (χ4n) is 1.38. The minimum atomic E-state index is -0.416. The van der Waals surface area contributed by atoms with Gasteiger partial charge < -0.3 is 15.4 Å². The van der Waals surface area contributed by atoms with Crippen LogP contribution >= 0.6 is 0 Å². The summed E-state index contributed by atoms with van der Waals surface area (Å²) < 4.78 is 5.31. The molecule has 0 spiro atoms. The average molecular weight is 207 g/mol. The molecule has 1 unspecified atom stereocenters. The summed E-state index contributed by atoms with van der Waals surface area (Å²) in [5.41, 5.74) is 0. The zero-order valence-corrected chi connectivity index (χ0v) is 8.27. The van der Waals surface area contributed by atoms with Crippen LogP contribution in [0.15, 0.2) is 24.4 Å². The van der Waals surface area contributed by atoms with E-state index in [1.54, 1.807) is 18.3 Å². The Labute approximate surface area is 87.8 Å². The predicted octanol–water partition coefficient (Wildman–Crippen LogP) is 0.00850. The number of amides is 1. The standard InChI is InChI=1S/C10H13N3O2/c14-10(8-7-11-5-6-15-8)13-9-3-1-2-4-12-9/h1-4,8,11H,5-7H2,(H,12,13,14). The highest BCUT2D eigenvalue weighted by molar-refractivity contribution is 5.93. The normalized spacial score (nSPS) is 20.9. The van der Waals surface area contributed by atoms with Crippen molar-refractivity contribution < 1.29 is 9.53 Å². The Balaban J connectivity index is 1.91. The molecular weight excluding hydrogens is 194 g/mol. The number of aromatic nitrogens is 1. The molecule has 1 amide bonds. The van der Waals surface area contributed by atoms with Gasteiger partial charge >= 0.3 is 0 Å². The van der Waals surface area contributed by atoms with Crippen LogP contribution in [-0.2, 0) is 9.53 Å². The number of ether oxygens (including phenoxy) is 1. The van der Waals surface area contributed by atoms with Gasteiger partial charge in [-0.3, -0.25) is 4.79 Å². The van der Waals surface area contributed by atoms with Crippen molar-refractivity contribution in [2.45, 2.75) is 6.10 Å². The number of pyridine rings is 1. The number of rotatable bonds is 2. The maximum atomic E-state index is 11.7. The molecule has 2 heterocycles. The molecule has 5 nitrogen and oxygen atoms in total. The second kappa shape index (κ2) is 4.86. The molecule has 1 atom stereocenters. The summed E-state index contributed by atoms with van der Waals surface area (Å²) in [5, 5.41) is 5.79.